The zero-order valence-corrected chi connectivity index (χ0v) is 10.1. The first-order valence-corrected chi connectivity index (χ1v) is 6.30. The van der Waals surface area contributed by atoms with Crippen LogP contribution in [0.4, 0.5) is 11.6 Å². The summed E-state index contributed by atoms with van der Waals surface area (Å²) in [6, 6.07) is 0.502. The number of hydrogen-bond acceptors (Lipinski definition) is 5. The van der Waals surface area contributed by atoms with Crippen LogP contribution in [0, 0.1) is 0 Å². The fourth-order valence-corrected chi connectivity index (χ4v) is 3.12. The summed E-state index contributed by atoms with van der Waals surface area (Å²) in [6.45, 7) is 0. The summed E-state index contributed by atoms with van der Waals surface area (Å²) in [5.74, 6) is 3.40. The van der Waals surface area contributed by atoms with Crippen LogP contribution in [0.1, 0.15) is 6.42 Å². The molecule has 1 atom stereocenters. The maximum Gasteiger partial charge on any atom is 0.153 e. The molecule has 0 radical (unpaired) electrons. The molecule has 0 amide bonds. The van der Waals surface area contributed by atoms with E-state index in [9.17, 15) is 0 Å². The quantitative estimate of drug-likeness (QED) is 0.858. The Kier molecular flexibility index (Phi) is 3.21. The molecular formula is C9H13ClN4S. The number of nitrogens with two attached hydrogens (primary N) is 1. The smallest absolute Gasteiger partial charge is 0.153 e. The average Bonchev–Trinajstić information content (AvgIpc) is 2.74. The van der Waals surface area contributed by atoms with Gasteiger partial charge in [0.2, 0.25) is 0 Å². The molecule has 1 aromatic heterocycles. The lowest BCUT2D eigenvalue weighted by atomic mass is 10.2. The molecule has 1 fully saturated rings. The van der Waals surface area contributed by atoms with Crippen LogP contribution >= 0.6 is 23.4 Å². The summed E-state index contributed by atoms with van der Waals surface area (Å²) in [5.41, 5.74) is 5.64. The Bertz CT molecular complexity index is 354. The van der Waals surface area contributed by atoms with Crippen LogP contribution in [0.3, 0.4) is 0 Å². The highest BCUT2D eigenvalue weighted by Crippen LogP contribution is 2.31. The van der Waals surface area contributed by atoms with Gasteiger partial charge in [-0.1, -0.05) is 11.6 Å². The van der Waals surface area contributed by atoms with E-state index in [-0.39, 0.29) is 0 Å². The molecule has 1 aliphatic heterocycles. The minimum atomic E-state index is 0.346. The molecular weight excluding hydrogens is 232 g/mol. The topological polar surface area (TPSA) is 55.0 Å². The molecule has 0 spiro atoms. The van der Waals surface area contributed by atoms with Gasteiger partial charge in [-0.2, -0.15) is 11.8 Å². The lowest BCUT2D eigenvalue weighted by Gasteiger charge is -2.25. The van der Waals surface area contributed by atoms with Gasteiger partial charge in [0.25, 0.3) is 0 Å². The number of halogens is 1. The Morgan fingerprint density at radius 3 is 3.07 bits per heavy atom. The lowest BCUT2D eigenvalue weighted by molar-refractivity contribution is 0.691. The van der Waals surface area contributed by atoms with Crippen molar-refractivity contribution in [2.75, 3.05) is 29.2 Å². The SMILES string of the molecule is CN(c1ncnc(N)c1Cl)C1CCSC1. The zero-order valence-electron chi connectivity index (χ0n) is 8.48. The molecule has 1 saturated heterocycles. The monoisotopic (exact) mass is 244 g/mol. The van der Waals surface area contributed by atoms with Gasteiger partial charge in [0, 0.05) is 18.8 Å². The summed E-state index contributed by atoms with van der Waals surface area (Å²) < 4.78 is 0. The third kappa shape index (κ3) is 2.13. The molecule has 0 bridgehead atoms. The molecule has 1 unspecified atom stereocenters. The van der Waals surface area contributed by atoms with Crippen molar-refractivity contribution in [1.29, 1.82) is 0 Å². The molecule has 82 valence electrons. The Labute approximate surface area is 98.2 Å². The Morgan fingerprint density at radius 2 is 2.40 bits per heavy atom. The highest BCUT2D eigenvalue weighted by Gasteiger charge is 2.23. The number of nitrogen functional groups attached to an aromatic ring is 1. The summed E-state index contributed by atoms with van der Waals surface area (Å²) in [4.78, 5) is 10.1. The number of nitrogens with zero attached hydrogens (tertiary/aromatic N) is 3. The van der Waals surface area contributed by atoms with Crippen LogP contribution in [0.25, 0.3) is 0 Å². The minimum Gasteiger partial charge on any atom is -0.382 e. The molecule has 4 nitrogen and oxygen atoms in total. The predicted octanol–water partition coefficient (Wildman–Crippen LogP) is 1.65. The first-order chi connectivity index (χ1) is 7.20. The minimum absolute atomic E-state index is 0.346. The maximum absolute atomic E-state index is 6.07. The van der Waals surface area contributed by atoms with Crippen molar-refractivity contribution in [3.8, 4) is 0 Å². The van der Waals surface area contributed by atoms with Crippen molar-refractivity contribution in [3.05, 3.63) is 11.3 Å². The van der Waals surface area contributed by atoms with E-state index in [0.29, 0.717) is 16.9 Å². The zero-order chi connectivity index (χ0) is 10.8. The summed E-state index contributed by atoms with van der Waals surface area (Å²) in [6.07, 6.45) is 2.62. The van der Waals surface area contributed by atoms with Crippen molar-refractivity contribution < 1.29 is 0 Å². The molecule has 1 aliphatic rings. The number of hydrogen-bond donors (Lipinski definition) is 1. The number of anilines is 2. The van der Waals surface area contributed by atoms with Gasteiger partial charge in [-0.25, -0.2) is 9.97 Å². The van der Waals surface area contributed by atoms with Crippen LogP contribution in [-0.4, -0.2) is 34.6 Å². The van der Waals surface area contributed by atoms with Gasteiger partial charge in [-0.3, -0.25) is 0 Å². The number of thioether (sulfide) groups is 1. The number of rotatable bonds is 2. The van der Waals surface area contributed by atoms with Crippen molar-refractivity contribution in [3.63, 3.8) is 0 Å². The summed E-state index contributed by atoms with van der Waals surface area (Å²) in [5, 5.41) is 0.455. The largest absolute Gasteiger partial charge is 0.382 e. The standard InChI is InChI=1S/C9H13ClN4S/c1-14(6-2-3-15-4-6)9-7(10)8(11)12-5-13-9/h5-6H,2-4H2,1H3,(H2,11,12,13). The molecule has 6 heteroatoms. The van der Waals surface area contributed by atoms with Crippen LogP contribution in [-0.2, 0) is 0 Å². The fraction of sp³-hybridized carbons (Fsp3) is 0.556. The Hall–Kier alpha value is -0.680. The van der Waals surface area contributed by atoms with Crippen molar-refractivity contribution in [2.24, 2.45) is 0 Å². The summed E-state index contributed by atoms with van der Waals surface area (Å²) >= 11 is 8.02. The Balaban J connectivity index is 2.24. The van der Waals surface area contributed by atoms with Crippen molar-refractivity contribution >= 4 is 35.0 Å². The van der Waals surface area contributed by atoms with E-state index in [0.717, 1.165) is 11.6 Å². The second-order valence-electron chi connectivity index (χ2n) is 3.52. The Morgan fingerprint density at radius 1 is 1.60 bits per heavy atom. The lowest BCUT2D eigenvalue weighted by Crippen LogP contribution is -2.32. The van der Waals surface area contributed by atoms with Gasteiger partial charge < -0.3 is 10.6 Å². The normalized spacial score (nSPS) is 20.5. The maximum atomic E-state index is 6.07. The van der Waals surface area contributed by atoms with E-state index in [1.54, 1.807) is 0 Å². The van der Waals surface area contributed by atoms with Gasteiger partial charge in [-0.05, 0) is 12.2 Å². The van der Waals surface area contributed by atoms with E-state index in [1.807, 2.05) is 18.8 Å². The van der Waals surface area contributed by atoms with E-state index in [4.69, 9.17) is 17.3 Å². The van der Waals surface area contributed by atoms with Crippen LogP contribution in [0.15, 0.2) is 6.33 Å². The predicted molar refractivity (Wildman–Crippen MR) is 65.6 cm³/mol. The second kappa shape index (κ2) is 4.45. The van der Waals surface area contributed by atoms with Gasteiger partial charge in [-0.15, -0.1) is 0 Å². The molecule has 1 aromatic rings. The van der Waals surface area contributed by atoms with Crippen LogP contribution < -0.4 is 10.6 Å². The third-order valence-electron chi connectivity index (χ3n) is 2.59. The first kappa shape index (κ1) is 10.8. The highest BCUT2D eigenvalue weighted by molar-refractivity contribution is 7.99. The van der Waals surface area contributed by atoms with Crippen molar-refractivity contribution in [1.82, 2.24) is 9.97 Å². The number of aromatic nitrogens is 2. The average molecular weight is 245 g/mol. The van der Waals surface area contributed by atoms with Gasteiger partial charge >= 0.3 is 0 Å². The second-order valence-corrected chi connectivity index (χ2v) is 5.05. The molecule has 0 aliphatic carbocycles. The molecule has 0 aromatic carbocycles. The van der Waals surface area contributed by atoms with Gasteiger partial charge in [0.15, 0.2) is 5.82 Å². The highest BCUT2D eigenvalue weighted by atomic mass is 35.5. The van der Waals surface area contributed by atoms with Crippen LogP contribution in [0.5, 0.6) is 0 Å². The van der Waals surface area contributed by atoms with Gasteiger partial charge in [0.1, 0.15) is 17.2 Å². The van der Waals surface area contributed by atoms with Crippen molar-refractivity contribution in [2.45, 2.75) is 12.5 Å². The molecule has 2 heterocycles. The summed E-state index contributed by atoms with van der Waals surface area (Å²) in [7, 11) is 2.00. The van der Waals surface area contributed by atoms with Crippen LogP contribution in [0.2, 0.25) is 5.02 Å². The molecule has 2 rings (SSSR count). The molecule has 2 N–H and O–H groups in total. The molecule has 0 saturated carbocycles. The molecule has 15 heavy (non-hydrogen) atoms. The fourth-order valence-electron chi connectivity index (χ4n) is 1.62. The van der Waals surface area contributed by atoms with E-state index in [1.165, 1.54) is 18.5 Å². The van der Waals surface area contributed by atoms with E-state index >= 15 is 0 Å². The van der Waals surface area contributed by atoms with Gasteiger partial charge in [0.05, 0.1) is 0 Å². The first-order valence-electron chi connectivity index (χ1n) is 4.76. The van der Waals surface area contributed by atoms with E-state index in [2.05, 4.69) is 14.9 Å². The third-order valence-corrected chi connectivity index (χ3v) is 4.09. The van der Waals surface area contributed by atoms with E-state index < -0.39 is 0 Å².